The summed E-state index contributed by atoms with van der Waals surface area (Å²) in [4.78, 5) is 4.36. The molecule has 32 heavy (non-hydrogen) atoms. The van der Waals surface area contributed by atoms with E-state index in [-0.39, 0.29) is 6.10 Å². The molecule has 0 unspecified atom stereocenters. The summed E-state index contributed by atoms with van der Waals surface area (Å²) in [7, 11) is 1.06. The molecule has 8 nitrogen and oxygen atoms in total. The van der Waals surface area contributed by atoms with Gasteiger partial charge in [0.1, 0.15) is 18.5 Å². The predicted molar refractivity (Wildman–Crippen MR) is 123 cm³/mol. The van der Waals surface area contributed by atoms with Crippen molar-refractivity contribution in [3.63, 3.8) is 0 Å². The number of allylic oxidation sites excluding steroid dienone is 2. The third-order valence-corrected chi connectivity index (χ3v) is 6.07. The molecule has 1 atom stereocenters. The quantitative estimate of drug-likeness (QED) is 0.370. The molecule has 3 rings (SSSR count). The number of anilines is 1. The lowest BCUT2D eigenvalue weighted by atomic mass is 9.78. The maximum atomic E-state index is 6.15. The minimum atomic E-state index is -0.564. The first-order valence-corrected chi connectivity index (χ1v) is 11.0. The maximum Gasteiger partial charge on any atom is 0.498 e. The van der Waals surface area contributed by atoms with E-state index in [0.29, 0.717) is 50.2 Å². The van der Waals surface area contributed by atoms with E-state index in [1.165, 1.54) is 0 Å². The zero-order chi connectivity index (χ0) is 23.4. The largest absolute Gasteiger partial charge is 0.498 e. The van der Waals surface area contributed by atoms with Gasteiger partial charge in [-0.05, 0) is 58.8 Å². The zero-order valence-electron chi connectivity index (χ0n) is 20.0. The van der Waals surface area contributed by atoms with Crippen molar-refractivity contribution in [1.82, 2.24) is 4.98 Å². The number of nitrogens with two attached hydrogens (primary N) is 1. The van der Waals surface area contributed by atoms with Gasteiger partial charge in [0.25, 0.3) is 0 Å². The Kier molecular flexibility index (Phi) is 7.87. The van der Waals surface area contributed by atoms with Gasteiger partial charge in [-0.1, -0.05) is 6.07 Å². The lowest BCUT2D eigenvalue weighted by molar-refractivity contribution is -0.108. The smallest absolute Gasteiger partial charge is 0.493 e. The minimum Gasteiger partial charge on any atom is -0.493 e. The summed E-state index contributed by atoms with van der Waals surface area (Å²) in [6.07, 6.45) is 6.06. The molecule has 2 saturated heterocycles. The average Bonchev–Trinajstić information content (AvgIpc) is 2.99. The Morgan fingerprint density at radius 1 is 1.22 bits per heavy atom. The van der Waals surface area contributed by atoms with Gasteiger partial charge >= 0.3 is 7.12 Å². The Morgan fingerprint density at radius 3 is 2.53 bits per heavy atom. The molecule has 2 aliphatic heterocycles. The molecule has 1 aromatic heterocycles. The summed E-state index contributed by atoms with van der Waals surface area (Å²) in [5, 5.41) is 0. The Morgan fingerprint density at radius 2 is 1.94 bits per heavy atom. The topological polar surface area (TPSA) is 94.3 Å². The standard InChI is InChI=1S/C23H35BN2O6/c1-7-19(30-15-17-14-28-10-11-29-17)20(27-6)9-8-16-12-18(21(25)26-13-16)24-31-22(2,3)23(4,5)32-24/h7,9,12-13,17H,8,10-11,14-15H2,1-6H3,(H2,25,26)/b19-7+,20-9+/t17-/m1/s1. The van der Waals surface area contributed by atoms with Crippen LogP contribution in [0.2, 0.25) is 0 Å². The minimum absolute atomic E-state index is 0.0828. The van der Waals surface area contributed by atoms with Gasteiger partial charge in [-0.15, -0.1) is 0 Å². The number of nitrogens with zero attached hydrogens (tertiary/aromatic N) is 1. The van der Waals surface area contributed by atoms with Crippen LogP contribution in [0.4, 0.5) is 5.82 Å². The van der Waals surface area contributed by atoms with Gasteiger partial charge in [0.2, 0.25) is 0 Å². The van der Waals surface area contributed by atoms with E-state index < -0.39 is 18.3 Å². The lowest BCUT2D eigenvalue weighted by Crippen LogP contribution is -2.41. The fourth-order valence-corrected chi connectivity index (χ4v) is 3.42. The van der Waals surface area contributed by atoms with E-state index in [9.17, 15) is 0 Å². The summed E-state index contributed by atoms with van der Waals surface area (Å²) < 4.78 is 34.9. The second kappa shape index (κ2) is 10.3. The van der Waals surface area contributed by atoms with E-state index in [1.54, 1.807) is 13.3 Å². The predicted octanol–water partition coefficient (Wildman–Crippen LogP) is 2.37. The van der Waals surface area contributed by atoms with Crippen molar-refractivity contribution in [3.05, 3.63) is 41.5 Å². The van der Waals surface area contributed by atoms with Crippen molar-refractivity contribution < 1.29 is 28.3 Å². The van der Waals surface area contributed by atoms with Crippen molar-refractivity contribution in [2.24, 2.45) is 0 Å². The Balaban J connectivity index is 1.69. The monoisotopic (exact) mass is 446 g/mol. The molecule has 9 heteroatoms. The number of hydrogen-bond acceptors (Lipinski definition) is 8. The third kappa shape index (κ3) is 5.64. The average molecular weight is 446 g/mol. The van der Waals surface area contributed by atoms with Gasteiger partial charge in [-0.2, -0.15) is 0 Å². The molecular weight excluding hydrogens is 411 g/mol. The Bertz CT molecular complexity index is 833. The first-order chi connectivity index (χ1) is 15.2. The van der Waals surface area contributed by atoms with Gasteiger partial charge in [-0.25, -0.2) is 4.98 Å². The Hall–Kier alpha value is -2.07. The van der Waals surface area contributed by atoms with E-state index in [0.717, 1.165) is 11.0 Å². The normalized spacial score (nSPS) is 23.3. The summed E-state index contributed by atoms with van der Waals surface area (Å²) in [6.45, 7) is 12.1. The van der Waals surface area contributed by atoms with E-state index in [4.69, 9.17) is 34.0 Å². The van der Waals surface area contributed by atoms with Gasteiger partial charge in [0, 0.05) is 11.7 Å². The van der Waals surface area contributed by atoms with Crippen molar-refractivity contribution in [2.75, 3.05) is 39.3 Å². The number of aromatic nitrogens is 1. The first-order valence-electron chi connectivity index (χ1n) is 11.0. The number of ether oxygens (including phenoxy) is 4. The van der Waals surface area contributed by atoms with Crippen LogP contribution in [0.3, 0.4) is 0 Å². The maximum absolute atomic E-state index is 6.15. The van der Waals surface area contributed by atoms with Gasteiger partial charge in [0.15, 0.2) is 11.5 Å². The van der Waals surface area contributed by atoms with Crippen LogP contribution in [-0.2, 0) is 34.7 Å². The second-order valence-corrected chi connectivity index (χ2v) is 8.91. The van der Waals surface area contributed by atoms with Crippen LogP contribution in [0.5, 0.6) is 0 Å². The fourth-order valence-electron chi connectivity index (χ4n) is 3.42. The summed E-state index contributed by atoms with van der Waals surface area (Å²) >= 11 is 0. The summed E-state index contributed by atoms with van der Waals surface area (Å²) in [5.74, 6) is 1.69. The highest BCUT2D eigenvalue weighted by Crippen LogP contribution is 2.36. The van der Waals surface area contributed by atoms with Crippen molar-refractivity contribution in [3.8, 4) is 0 Å². The van der Waals surface area contributed by atoms with Crippen LogP contribution in [0.25, 0.3) is 0 Å². The van der Waals surface area contributed by atoms with Crippen LogP contribution in [-0.4, -0.2) is 62.9 Å². The molecule has 0 amide bonds. The molecule has 2 fully saturated rings. The molecule has 0 saturated carbocycles. The van der Waals surface area contributed by atoms with Crippen LogP contribution < -0.4 is 11.2 Å². The highest BCUT2D eigenvalue weighted by molar-refractivity contribution is 6.63. The second-order valence-electron chi connectivity index (χ2n) is 8.91. The van der Waals surface area contributed by atoms with E-state index in [2.05, 4.69) is 4.98 Å². The molecule has 3 heterocycles. The molecular formula is C23H35BN2O6. The lowest BCUT2D eigenvalue weighted by Gasteiger charge is -2.32. The SMILES string of the molecule is C/C=C(OC[C@H]1COCCO1)\C(=C/Cc1cnc(N)c(B2OC(C)(C)C(C)(C)O2)c1)OC. The molecule has 2 N–H and O–H groups in total. The summed E-state index contributed by atoms with van der Waals surface area (Å²) in [5.41, 5.74) is 6.93. The van der Waals surface area contributed by atoms with Gasteiger partial charge in [0.05, 0.1) is 38.1 Å². The van der Waals surface area contributed by atoms with Crippen LogP contribution in [0.15, 0.2) is 35.9 Å². The number of methoxy groups -OCH3 is 1. The molecule has 0 aliphatic carbocycles. The Labute approximate surface area is 191 Å². The molecule has 0 spiro atoms. The molecule has 176 valence electrons. The highest BCUT2D eigenvalue weighted by Gasteiger charge is 2.52. The van der Waals surface area contributed by atoms with Crippen molar-refractivity contribution in [2.45, 2.75) is 58.3 Å². The molecule has 2 aliphatic rings. The summed E-state index contributed by atoms with van der Waals surface area (Å²) in [6, 6.07) is 1.97. The fraction of sp³-hybridized carbons (Fsp3) is 0.609. The molecule has 0 bridgehead atoms. The highest BCUT2D eigenvalue weighted by atomic mass is 16.7. The number of hydrogen-bond donors (Lipinski definition) is 1. The van der Waals surface area contributed by atoms with Gasteiger partial charge in [-0.3, -0.25) is 0 Å². The molecule has 1 aromatic rings. The van der Waals surface area contributed by atoms with Crippen LogP contribution >= 0.6 is 0 Å². The van der Waals surface area contributed by atoms with Crippen molar-refractivity contribution in [1.29, 1.82) is 0 Å². The molecule has 0 aromatic carbocycles. The number of rotatable bonds is 8. The molecule has 0 radical (unpaired) electrons. The van der Waals surface area contributed by atoms with E-state index >= 15 is 0 Å². The van der Waals surface area contributed by atoms with E-state index in [1.807, 2.05) is 52.8 Å². The first kappa shape index (κ1) is 24.6. The number of nitrogen functional groups attached to an aromatic ring is 1. The van der Waals surface area contributed by atoms with Crippen LogP contribution in [0.1, 0.15) is 40.2 Å². The number of pyridine rings is 1. The third-order valence-electron chi connectivity index (χ3n) is 6.07. The van der Waals surface area contributed by atoms with Crippen molar-refractivity contribution >= 4 is 18.4 Å². The van der Waals surface area contributed by atoms with Gasteiger partial charge < -0.3 is 34.0 Å². The zero-order valence-corrected chi connectivity index (χ0v) is 20.0. The van der Waals surface area contributed by atoms with Crippen LogP contribution in [0, 0.1) is 0 Å².